The van der Waals surface area contributed by atoms with Crippen molar-refractivity contribution in [3.63, 3.8) is 0 Å². The number of rotatable bonds is 4. The summed E-state index contributed by atoms with van der Waals surface area (Å²) in [5, 5.41) is 23.7. The van der Waals surface area contributed by atoms with E-state index in [-0.39, 0.29) is 47.2 Å². The van der Waals surface area contributed by atoms with Gasteiger partial charge >= 0.3 is 35.7 Å². The molecule has 7 nitrogen and oxygen atoms in total. The van der Waals surface area contributed by atoms with Crippen LogP contribution in [-0.4, -0.2) is 47.8 Å². The Balaban J connectivity index is 0.00000225. The molecule has 0 saturated carbocycles. The standard InChI is InChI=1S/C17H20N2O5.Na/c1-9(20)13-8-19-14(13)7-12(15(19)16(21)22)10-3-5-11(6-4-10)24-17(23)18-2;/h3-6,9,13-14,20H,7-8H2,1-2H3,(H,18,23)(H,21,22);/q;+1/p-1. The van der Waals surface area contributed by atoms with Crippen LogP contribution in [0.2, 0.25) is 0 Å². The van der Waals surface area contributed by atoms with Gasteiger partial charge in [-0.25, -0.2) is 4.79 Å². The summed E-state index contributed by atoms with van der Waals surface area (Å²) in [5.41, 5.74) is 1.63. The quantitative estimate of drug-likeness (QED) is 0.558. The van der Waals surface area contributed by atoms with E-state index in [1.54, 1.807) is 36.1 Å². The molecule has 2 heterocycles. The number of carbonyl (C=O) groups is 2. The Bertz CT molecular complexity index is 701. The van der Waals surface area contributed by atoms with Crippen LogP contribution in [0.1, 0.15) is 18.9 Å². The van der Waals surface area contributed by atoms with Crippen molar-refractivity contribution in [2.75, 3.05) is 13.6 Å². The van der Waals surface area contributed by atoms with Gasteiger partial charge in [-0.3, -0.25) is 0 Å². The van der Waals surface area contributed by atoms with Gasteiger partial charge < -0.3 is 30.0 Å². The van der Waals surface area contributed by atoms with E-state index >= 15 is 0 Å². The summed E-state index contributed by atoms with van der Waals surface area (Å²) in [6.07, 6.45) is -0.492. The van der Waals surface area contributed by atoms with E-state index in [0.717, 1.165) is 5.56 Å². The molecule has 2 aliphatic rings. The third kappa shape index (κ3) is 3.69. The second kappa shape index (κ2) is 7.78. The normalized spacial score (nSPS) is 22.4. The molecule has 25 heavy (non-hydrogen) atoms. The van der Waals surface area contributed by atoms with Crippen LogP contribution >= 0.6 is 0 Å². The zero-order valence-electron chi connectivity index (χ0n) is 14.5. The molecule has 3 rings (SSSR count). The predicted molar refractivity (Wildman–Crippen MR) is 83.7 cm³/mol. The van der Waals surface area contributed by atoms with Crippen molar-refractivity contribution in [1.29, 1.82) is 0 Å². The molecule has 3 atom stereocenters. The molecule has 0 aromatic heterocycles. The summed E-state index contributed by atoms with van der Waals surface area (Å²) in [4.78, 5) is 24.5. The molecule has 2 aliphatic heterocycles. The molecule has 0 bridgehead atoms. The van der Waals surface area contributed by atoms with Crippen LogP contribution in [0.3, 0.4) is 0 Å². The van der Waals surface area contributed by atoms with Gasteiger partial charge in [-0.2, -0.15) is 0 Å². The second-order valence-electron chi connectivity index (χ2n) is 6.11. The third-order valence-electron chi connectivity index (χ3n) is 4.72. The Morgan fingerprint density at radius 1 is 1.36 bits per heavy atom. The maximum absolute atomic E-state index is 11.6. The van der Waals surface area contributed by atoms with Crippen molar-refractivity contribution in [3.05, 3.63) is 35.5 Å². The summed E-state index contributed by atoms with van der Waals surface area (Å²) in [6, 6.07) is 6.67. The van der Waals surface area contributed by atoms with Gasteiger partial charge in [-0.15, -0.1) is 0 Å². The molecular formula is C17H19N2NaO5. The molecule has 128 valence electrons. The number of hydrogen-bond donors (Lipinski definition) is 2. The molecule has 0 aliphatic carbocycles. The summed E-state index contributed by atoms with van der Waals surface area (Å²) >= 11 is 0. The second-order valence-corrected chi connectivity index (χ2v) is 6.11. The van der Waals surface area contributed by atoms with E-state index in [1.807, 2.05) is 0 Å². The molecule has 1 aromatic carbocycles. The van der Waals surface area contributed by atoms with Gasteiger partial charge in [-0.1, -0.05) is 12.1 Å². The number of benzene rings is 1. The number of nitrogens with zero attached hydrogens (tertiary/aromatic N) is 1. The van der Waals surface area contributed by atoms with Gasteiger partial charge in [-0.05, 0) is 36.6 Å². The number of aliphatic hydroxyl groups is 1. The zero-order chi connectivity index (χ0) is 17.4. The minimum atomic E-state index is -1.21. The Labute approximate surface area is 167 Å². The van der Waals surface area contributed by atoms with Crippen molar-refractivity contribution in [2.45, 2.75) is 25.5 Å². The Kier molecular flexibility index (Phi) is 6.16. The number of aliphatic carboxylic acids is 1. The summed E-state index contributed by atoms with van der Waals surface area (Å²) in [5.74, 6) is -0.772. The van der Waals surface area contributed by atoms with Crippen molar-refractivity contribution in [1.82, 2.24) is 10.2 Å². The van der Waals surface area contributed by atoms with E-state index in [0.29, 0.717) is 24.3 Å². The van der Waals surface area contributed by atoms with Crippen LogP contribution in [0.5, 0.6) is 5.75 Å². The topological polar surface area (TPSA) is 102 Å². The van der Waals surface area contributed by atoms with E-state index in [1.165, 1.54) is 7.05 Å². The minimum Gasteiger partial charge on any atom is -0.543 e. The molecule has 0 spiro atoms. The summed E-state index contributed by atoms with van der Waals surface area (Å²) in [6.45, 7) is 2.25. The molecule has 1 fully saturated rings. The van der Waals surface area contributed by atoms with E-state index in [2.05, 4.69) is 5.32 Å². The smallest absolute Gasteiger partial charge is 0.543 e. The Morgan fingerprint density at radius 3 is 2.52 bits per heavy atom. The van der Waals surface area contributed by atoms with E-state index in [4.69, 9.17) is 4.74 Å². The SMILES string of the molecule is CNC(=O)Oc1ccc(C2=C(C(=O)[O-])N3CC(C(C)O)C3C2)cc1.[Na+]. The first-order valence-corrected chi connectivity index (χ1v) is 7.81. The molecular weight excluding hydrogens is 335 g/mol. The number of nitrogens with one attached hydrogen (secondary N) is 1. The number of amides is 1. The van der Waals surface area contributed by atoms with Gasteiger partial charge in [0.05, 0.1) is 17.8 Å². The van der Waals surface area contributed by atoms with Crippen molar-refractivity contribution in [3.8, 4) is 5.75 Å². The monoisotopic (exact) mass is 354 g/mol. The number of carboxylic acids is 1. The third-order valence-corrected chi connectivity index (χ3v) is 4.72. The molecule has 1 saturated heterocycles. The fourth-order valence-electron chi connectivity index (χ4n) is 3.43. The first-order chi connectivity index (χ1) is 11.4. The molecule has 1 amide bonds. The van der Waals surface area contributed by atoms with Crippen LogP contribution in [0.15, 0.2) is 30.0 Å². The van der Waals surface area contributed by atoms with Crippen LogP contribution in [0.4, 0.5) is 4.79 Å². The number of fused-ring (bicyclic) bond motifs is 1. The van der Waals surface area contributed by atoms with Crippen LogP contribution in [-0.2, 0) is 4.79 Å². The predicted octanol–water partition coefficient (Wildman–Crippen LogP) is -3.05. The molecule has 8 heteroatoms. The Hall–Kier alpha value is -1.54. The summed E-state index contributed by atoms with van der Waals surface area (Å²) in [7, 11) is 1.47. The van der Waals surface area contributed by atoms with Gasteiger partial charge in [0.25, 0.3) is 0 Å². The van der Waals surface area contributed by atoms with E-state index in [9.17, 15) is 19.8 Å². The van der Waals surface area contributed by atoms with Gasteiger partial charge in [0.15, 0.2) is 0 Å². The molecule has 1 aromatic rings. The fourth-order valence-corrected chi connectivity index (χ4v) is 3.43. The molecule has 3 unspecified atom stereocenters. The molecule has 2 N–H and O–H groups in total. The minimum absolute atomic E-state index is 0. The fraction of sp³-hybridized carbons (Fsp3) is 0.412. The summed E-state index contributed by atoms with van der Waals surface area (Å²) < 4.78 is 5.02. The van der Waals surface area contributed by atoms with Gasteiger partial charge in [0, 0.05) is 25.6 Å². The largest absolute Gasteiger partial charge is 1.00 e. The average Bonchev–Trinajstić information content (AvgIpc) is 2.81. The number of ether oxygens (including phenoxy) is 1. The van der Waals surface area contributed by atoms with Gasteiger partial charge in [0.2, 0.25) is 0 Å². The van der Waals surface area contributed by atoms with Gasteiger partial charge in [0.1, 0.15) is 5.75 Å². The maximum atomic E-state index is 11.6. The molecule has 0 radical (unpaired) electrons. The average molecular weight is 354 g/mol. The first kappa shape index (κ1) is 19.8. The number of aliphatic hydroxyl groups excluding tert-OH is 1. The van der Waals surface area contributed by atoms with Crippen molar-refractivity contribution in [2.24, 2.45) is 5.92 Å². The Morgan fingerprint density at radius 2 is 2.00 bits per heavy atom. The van der Waals surface area contributed by atoms with Crippen LogP contribution in [0.25, 0.3) is 5.57 Å². The number of carbonyl (C=O) groups excluding carboxylic acids is 2. The van der Waals surface area contributed by atoms with E-state index < -0.39 is 18.2 Å². The zero-order valence-corrected chi connectivity index (χ0v) is 16.5. The maximum Gasteiger partial charge on any atom is 1.00 e. The van der Waals surface area contributed by atoms with Crippen molar-refractivity contribution < 1.29 is 54.1 Å². The van der Waals surface area contributed by atoms with Crippen LogP contribution in [0, 0.1) is 5.92 Å². The number of carboxylic acid groups (broad SMARTS) is 1. The first-order valence-electron chi connectivity index (χ1n) is 7.81. The number of hydrogen-bond acceptors (Lipinski definition) is 6. The van der Waals surface area contributed by atoms with Crippen LogP contribution < -0.4 is 44.7 Å². The van der Waals surface area contributed by atoms with Crippen molar-refractivity contribution >= 4 is 17.6 Å².